The molecular weight excluding hydrogens is 444 g/mol. The predicted molar refractivity (Wildman–Crippen MR) is 124 cm³/mol. The number of unbranched alkanes of at least 4 members (excludes halogenated alkanes) is 3. The highest BCUT2D eigenvalue weighted by atomic mass is 79.9. The van der Waals surface area contributed by atoms with Crippen LogP contribution in [0.2, 0.25) is 0 Å². The monoisotopic (exact) mass is 472 g/mol. The van der Waals surface area contributed by atoms with Crippen molar-refractivity contribution in [2.45, 2.75) is 52.4 Å². The quantitative estimate of drug-likeness (QED) is 0.397. The standard InChI is InChI=1S/C24H29BrN2O3/c1-3-4-5-6-13-30-22-12-10-18(14-20(22)25)24(29)26-19-11-7-16(2)21(15-19)27-23(28)17-8-9-17/h7,10-12,14-15,17H,3-6,8-9,13H2,1-2H3,(H,26,29)(H,27,28). The van der Waals surface area contributed by atoms with Gasteiger partial charge < -0.3 is 15.4 Å². The molecule has 1 fully saturated rings. The largest absolute Gasteiger partial charge is 0.492 e. The zero-order valence-corrected chi connectivity index (χ0v) is 19.2. The van der Waals surface area contributed by atoms with Crippen LogP contribution in [-0.4, -0.2) is 18.4 Å². The Morgan fingerprint density at radius 2 is 1.87 bits per heavy atom. The lowest BCUT2D eigenvalue weighted by Gasteiger charge is -2.12. The summed E-state index contributed by atoms with van der Waals surface area (Å²) in [6, 6.07) is 10.9. The zero-order chi connectivity index (χ0) is 21.5. The van der Waals surface area contributed by atoms with E-state index in [2.05, 4.69) is 33.5 Å². The molecule has 1 aliphatic carbocycles. The molecular formula is C24H29BrN2O3. The van der Waals surface area contributed by atoms with Crippen LogP contribution in [0, 0.1) is 12.8 Å². The lowest BCUT2D eigenvalue weighted by atomic mass is 10.1. The van der Waals surface area contributed by atoms with E-state index in [-0.39, 0.29) is 17.7 Å². The van der Waals surface area contributed by atoms with E-state index >= 15 is 0 Å². The summed E-state index contributed by atoms with van der Waals surface area (Å²) in [6.07, 6.45) is 6.50. The number of carbonyl (C=O) groups excluding carboxylic acids is 2. The van der Waals surface area contributed by atoms with Crippen molar-refractivity contribution in [1.29, 1.82) is 0 Å². The minimum atomic E-state index is -0.214. The van der Waals surface area contributed by atoms with Gasteiger partial charge in [-0.2, -0.15) is 0 Å². The highest BCUT2D eigenvalue weighted by molar-refractivity contribution is 9.10. The molecule has 0 heterocycles. The van der Waals surface area contributed by atoms with Crippen molar-refractivity contribution < 1.29 is 14.3 Å². The minimum absolute atomic E-state index is 0.0517. The summed E-state index contributed by atoms with van der Waals surface area (Å²) in [5, 5.41) is 5.87. The van der Waals surface area contributed by atoms with E-state index in [9.17, 15) is 9.59 Å². The average Bonchev–Trinajstić information content (AvgIpc) is 3.56. The predicted octanol–water partition coefficient (Wildman–Crippen LogP) is 6.32. The molecule has 3 rings (SSSR count). The number of ether oxygens (including phenoxy) is 1. The molecule has 6 heteroatoms. The minimum Gasteiger partial charge on any atom is -0.492 e. The topological polar surface area (TPSA) is 67.4 Å². The normalized spacial score (nSPS) is 13.0. The van der Waals surface area contributed by atoms with E-state index < -0.39 is 0 Å². The summed E-state index contributed by atoms with van der Waals surface area (Å²) in [4.78, 5) is 24.7. The van der Waals surface area contributed by atoms with Crippen LogP contribution in [0.1, 0.15) is 61.4 Å². The van der Waals surface area contributed by atoms with Crippen LogP contribution < -0.4 is 15.4 Å². The highest BCUT2D eigenvalue weighted by Gasteiger charge is 2.29. The van der Waals surface area contributed by atoms with Gasteiger partial charge in [0.1, 0.15) is 5.75 Å². The Kier molecular flexibility index (Phi) is 7.91. The first-order chi connectivity index (χ1) is 14.5. The highest BCUT2D eigenvalue weighted by Crippen LogP contribution is 2.31. The molecule has 1 saturated carbocycles. The van der Waals surface area contributed by atoms with Crippen molar-refractivity contribution in [3.63, 3.8) is 0 Å². The average molecular weight is 473 g/mol. The van der Waals surface area contributed by atoms with Gasteiger partial charge >= 0.3 is 0 Å². The lowest BCUT2D eigenvalue weighted by molar-refractivity contribution is -0.117. The van der Waals surface area contributed by atoms with E-state index in [0.29, 0.717) is 17.9 Å². The Hall–Kier alpha value is -2.34. The molecule has 2 amide bonds. The number of anilines is 2. The molecule has 2 N–H and O–H groups in total. The van der Waals surface area contributed by atoms with Gasteiger partial charge in [0.05, 0.1) is 11.1 Å². The summed E-state index contributed by atoms with van der Waals surface area (Å²) in [6.45, 7) is 4.79. The molecule has 0 saturated heterocycles. The number of aryl methyl sites for hydroxylation is 1. The second-order valence-electron chi connectivity index (χ2n) is 7.80. The van der Waals surface area contributed by atoms with Crippen molar-refractivity contribution in [2.75, 3.05) is 17.2 Å². The van der Waals surface area contributed by atoms with Crippen LogP contribution >= 0.6 is 15.9 Å². The molecule has 30 heavy (non-hydrogen) atoms. The molecule has 2 aromatic rings. The maximum atomic E-state index is 12.7. The van der Waals surface area contributed by atoms with Gasteiger partial charge in [-0.1, -0.05) is 32.3 Å². The van der Waals surface area contributed by atoms with E-state index in [0.717, 1.165) is 47.2 Å². The van der Waals surface area contributed by atoms with Gasteiger partial charge in [-0.15, -0.1) is 0 Å². The maximum absolute atomic E-state index is 12.7. The van der Waals surface area contributed by atoms with Crippen molar-refractivity contribution in [1.82, 2.24) is 0 Å². The van der Waals surface area contributed by atoms with E-state index in [1.54, 1.807) is 18.2 Å². The summed E-state index contributed by atoms with van der Waals surface area (Å²) in [5.74, 6) is 0.708. The van der Waals surface area contributed by atoms with Gasteiger partial charge in [0.2, 0.25) is 5.91 Å². The van der Waals surface area contributed by atoms with Gasteiger partial charge in [-0.25, -0.2) is 0 Å². The Morgan fingerprint density at radius 1 is 1.07 bits per heavy atom. The number of carbonyl (C=O) groups is 2. The Balaban J connectivity index is 1.60. The van der Waals surface area contributed by atoms with Crippen LogP contribution in [0.4, 0.5) is 11.4 Å². The molecule has 0 aliphatic heterocycles. The first-order valence-electron chi connectivity index (χ1n) is 10.6. The van der Waals surface area contributed by atoms with E-state index in [1.807, 2.05) is 25.1 Å². The molecule has 0 unspecified atom stereocenters. The Bertz CT molecular complexity index is 909. The molecule has 160 valence electrons. The molecule has 0 atom stereocenters. The number of hydrogen-bond donors (Lipinski definition) is 2. The molecule has 0 bridgehead atoms. The lowest BCUT2D eigenvalue weighted by Crippen LogP contribution is -2.15. The van der Waals surface area contributed by atoms with Crippen molar-refractivity contribution in [3.8, 4) is 5.75 Å². The third-order valence-corrected chi connectivity index (χ3v) is 5.77. The number of halogens is 1. The van der Waals surface area contributed by atoms with Crippen LogP contribution in [0.3, 0.4) is 0 Å². The van der Waals surface area contributed by atoms with Crippen LogP contribution in [0.5, 0.6) is 5.75 Å². The fourth-order valence-electron chi connectivity index (χ4n) is 3.09. The fraction of sp³-hybridized carbons (Fsp3) is 0.417. The van der Waals surface area contributed by atoms with E-state index in [1.165, 1.54) is 12.8 Å². The first kappa shape index (κ1) is 22.3. The van der Waals surface area contributed by atoms with E-state index in [4.69, 9.17) is 4.74 Å². The summed E-state index contributed by atoms with van der Waals surface area (Å²) in [7, 11) is 0. The van der Waals surface area contributed by atoms with Crippen molar-refractivity contribution >= 4 is 39.1 Å². The zero-order valence-electron chi connectivity index (χ0n) is 17.6. The number of hydrogen-bond acceptors (Lipinski definition) is 3. The SMILES string of the molecule is CCCCCCOc1ccc(C(=O)Nc2ccc(C)c(NC(=O)C3CC3)c2)cc1Br. The number of rotatable bonds is 10. The second kappa shape index (κ2) is 10.6. The molecule has 2 aromatic carbocycles. The summed E-state index contributed by atoms with van der Waals surface area (Å²) in [5.41, 5.74) is 2.87. The van der Waals surface area contributed by atoms with Crippen LogP contribution in [0.15, 0.2) is 40.9 Å². The van der Waals surface area contributed by atoms with Crippen LogP contribution in [-0.2, 0) is 4.79 Å². The number of amides is 2. The molecule has 1 aliphatic rings. The summed E-state index contributed by atoms with van der Waals surface area (Å²) >= 11 is 3.50. The Labute approximate surface area is 186 Å². The fourth-order valence-corrected chi connectivity index (χ4v) is 3.58. The first-order valence-corrected chi connectivity index (χ1v) is 11.4. The third-order valence-electron chi connectivity index (χ3n) is 5.15. The third kappa shape index (κ3) is 6.33. The van der Waals surface area contributed by atoms with Gasteiger partial charge in [0, 0.05) is 22.9 Å². The smallest absolute Gasteiger partial charge is 0.255 e. The Morgan fingerprint density at radius 3 is 2.57 bits per heavy atom. The van der Waals surface area contributed by atoms with Crippen LogP contribution in [0.25, 0.3) is 0 Å². The van der Waals surface area contributed by atoms with Gasteiger partial charge in [-0.3, -0.25) is 9.59 Å². The maximum Gasteiger partial charge on any atom is 0.255 e. The molecule has 0 aromatic heterocycles. The van der Waals surface area contributed by atoms with Gasteiger partial charge in [0.25, 0.3) is 5.91 Å². The van der Waals surface area contributed by atoms with Crippen molar-refractivity contribution in [3.05, 3.63) is 52.0 Å². The summed E-state index contributed by atoms with van der Waals surface area (Å²) < 4.78 is 6.56. The number of benzene rings is 2. The molecule has 0 spiro atoms. The van der Waals surface area contributed by atoms with Gasteiger partial charge in [-0.05, 0) is 78.0 Å². The van der Waals surface area contributed by atoms with Gasteiger partial charge in [0.15, 0.2) is 0 Å². The van der Waals surface area contributed by atoms with Crippen molar-refractivity contribution in [2.24, 2.45) is 5.92 Å². The molecule has 0 radical (unpaired) electrons. The second-order valence-corrected chi connectivity index (χ2v) is 8.66. The number of nitrogens with one attached hydrogen (secondary N) is 2. The molecule has 5 nitrogen and oxygen atoms in total.